The van der Waals surface area contributed by atoms with Gasteiger partial charge in [0.05, 0.1) is 18.7 Å². The second kappa shape index (κ2) is 6.69. The first kappa shape index (κ1) is 15.5. The van der Waals surface area contributed by atoms with Crippen LogP contribution in [0.2, 0.25) is 0 Å². The van der Waals surface area contributed by atoms with Gasteiger partial charge in [0.1, 0.15) is 6.17 Å². The fraction of sp³-hybridized carbons (Fsp3) is 0.500. The minimum Gasteiger partial charge on any atom is -0.493 e. The lowest BCUT2D eigenvalue weighted by Crippen LogP contribution is -2.38. The number of para-hydroxylation sites is 1. The van der Waals surface area contributed by atoms with Crippen molar-refractivity contribution in [3.63, 3.8) is 0 Å². The molecule has 0 radical (unpaired) electrons. The molecule has 116 valence electrons. The summed E-state index contributed by atoms with van der Waals surface area (Å²) in [6.45, 7) is -3.09. The van der Waals surface area contributed by atoms with Gasteiger partial charge < -0.3 is 14.8 Å². The predicted octanol–water partition coefficient (Wildman–Crippen LogP) is 2.92. The van der Waals surface area contributed by atoms with Crippen LogP contribution in [-0.2, 0) is 0 Å². The Hall–Kier alpha value is -1.92. The summed E-state index contributed by atoms with van der Waals surface area (Å²) in [5.41, 5.74) is -0.103. The molecule has 7 heteroatoms. The summed E-state index contributed by atoms with van der Waals surface area (Å²) in [6.07, 6.45) is 0.495. The second-order valence-corrected chi connectivity index (χ2v) is 4.74. The Labute approximate surface area is 120 Å². The topological polar surface area (TPSA) is 47.6 Å². The third-order valence-corrected chi connectivity index (χ3v) is 3.40. The Kier molecular flexibility index (Phi) is 4.93. The SMILES string of the molecule is COc1cccc(C(=O)N[C@H]2CCC[C@H]2F)c1OC(F)F. The van der Waals surface area contributed by atoms with Crippen molar-refractivity contribution in [2.75, 3.05) is 7.11 Å². The van der Waals surface area contributed by atoms with Crippen LogP contribution in [0.4, 0.5) is 13.2 Å². The summed E-state index contributed by atoms with van der Waals surface area (Å²) >= 11 is 0. The number of ether oxygens (including phenoxy) is 2. The van der Waals surface area contributed by atoms with Crippen LogP contribution in [-0.4, -0.2) is 31.8 Å². The number of hydrogen-bond donors (Lipinski definition) is 1. The highest BCUT2D eigenvalue weighted by Gasteiger charge is 2.30. The molecule has 0 spiro atoms. The lowest BCUT2D eigenvalue weighted by molar-refractivity contribution is -0.0515. The molecule has 1 amide bonds. The number of benzene rings is 1. The van der Waals surface area contributed by atoms with E-state index in [4.69, 9.17) is 4.74 Å². The minimum absolute atomic E-state index is 0.0196. The number of alkyl halides is 3. The van der Waals surface area contributed by atoms with Gasteiger partial charge in [-0.3, -0.25) is 4.79 Å². The van der Waals surface area contributed by atoms with Gasteiger partial charge >= 0.3 is 6.61 Å². The fourth-order valence-corrected chi connectivity index (χ4v) is 2.39. The normalized spacial score (nSPS) is 21.4. The second-order valence-electron chi connectivity index (χ2n) is 4.74. The van der Waals surface area contributed by atoms with Gasteiger partial charge in [-0.1, -0.05) is 6.07 Å². The molecule has 2 rings (SSSR count). The Balaban J connectivity index is 2.22. The standard InChI is InChI=1S/C14H16F3NO3/c1-20-11-7-2-4-8(12(11)21-14(16)17)13(19)18-10-6-3-5-9(10)15/h2,4,7,9-10,14H,3,5-6H2,1H3,(H,18,19)/t9-,10+/m1/s1. The fourth-order valence-electron chi connectivity index (χ4n) is 2.39. The van der Waals surface area contributed by atoms with Crippen molar-refractivity contribution in [1.82, 2.24) is 5.32 Å². The zero-order valence-corrected chi connectivity index (χ0v) is 11.4. The molecule has 21 heavy (non-hydrogen) atoms. The largest absolute Gasteiger partial charge is 0.493 e. The number of amides is 1. The van der Waals surface area contributed by atoms with Crippen molar-refractivity contribution in [3.8, 4) is 11.5 Å². The molecule has 1 aliphatic rings. The minimum atomic E-state index is -3.09. The Bertz CT molecular complexity index is 510. The quantitative estimate of drug-likeness (QED) is 0.910. The number of carbonyl (C=O) groups excluding carboxylic acids is 1. The van der Waals surface area contributed by atoms with Crippen molar-refractivity contribution in [2.24, 2.45) is 0 Å². The molecule has 0 aliphatic heterocycles. The lowest BCUT2D eigenvalue weighted by atomic mass is 10.1. The van der Waals surface area contributed by atoms with E-state index < -0.39 is 24.7 Å². The van der Waals surface area contributed by atoms with Gasteiger partial charge in [-0.05, 0) is 31.4 Å². The van der Waals surface area contributed by atoms with Crippen LogP contribution in [0.5, 0.6) is 11.5 Å². The zero-order chi connectivity index (χ0) is 15.4. The highest BCUT2D eigenvalue weighted by Crippen LogP contribution is 2.33. The number of rotatable bonds is 5. The van der Waals surface area contributed by atoms with E-state index >= 15 is 0 Å². The van der Waals surface area contributed by atoms with Gasteiger partial charge in [-0.25, -0.2) is 4.39 Å². The van der Waals surface area contributed by atoms with E-state index in [0.29, 0.717) is 19.3 Å². The van der Waals surface area contributed by atoms with Gasteiger partial charge in [0, 0.05) is 0 Å². The summed E-state index contributed by atoms with van der Waals surface area (Å²) in [5.74, 6) is -0.980. The zero-order valence-electron chi connectivity index (χ0n) is 11.4. The molecule has 1 N–H and O–H groups in total. The van der Waals surface area contributed by atoms with Gasteiger partial charge in [0.25, 0.3) is 5.91 Å². The molecule has 1 saturated carbocycles. The average Bonchev–Trinajstić information content (AvgIpc) is 2.83. The molecule has 4 nitrogen and oxygen atoms in total. The Morgan fingerprint density at radius 2 is 2.14 bits per heavy atom. The van der Waals surface area contributed by atoms with E-state index in [1.165, 1.54) is 25.3 Å². The van der Waals surface area contributed by atoms with E-state index in [0.717, 1.165) is 0 Å². The number of carbonyl (C=O) groups is 1. The molecule has 0 saturated heterocycles. The Morgan fingerprint density at radius 3 is 2.71 bits per heavy atom. The first-order valence-corrected chi connectivity index (χ1v) is 6.59. The van der Waals surface area contributed by atoms with Crippen molar-refractivity contribution < 1.29 is 27.4 Å². The van der Waals surface area contributed by atoms with E-state index in [2.05, 4.69) is 10.1 Å². The summed E-state index contributed by atoms with van der Waals surface area (Å²) in [4.78, 5) is 12.2. The van der Waals surface area contributed by atoms with Gasteiger partial charge in [-0.2, -0.15) is 8.78 Å². The van der Waals surface area contributed by atoms with Crippen LogP contribution in [0, 0.1) is 0 Å². The van der Waals surface area contributed by atoms with Crippen molar-refractivity contribution in [2.45, 2.75) is 38.1 Å². The smallest absolute Gasteiger partial charge is 0.387 e. The van der Waals surface area contributed by atoms with Crippen molar-refractivity contribution >= 4 is 5.91 Å². The van der Waals surface area contributed by atoms with E-state index in [1.807, 2.05) is 0 Å². The number of nitrogens with one attached hydrogen (secondary N) is 1. The van der Waals surface area contributed by atoms with Crippen LogP contribution in [0.15, 0.2) is 18.2 Å². The van der Waals surface area contributed by atoms with Gasteiger partial charge in [0.2, 0.25) is 0 Å². The molecule has 2 atom stereocenters. The maximum atomic E-state index is 13.5. The Morgan fingerprint density at radius 1 is 1.38 bits per heavy atom. The number of halogens is 3. The van der Waals surface area contributed by atoms with Crippen molar-refractivity contribution in [3.05, 3.63) is 23.8 Å². The number of hydrogen-bond acceptors (Lipinski definition) is 3. The lowest BCUT2D eigenvalue weighted by Gasteiger charge is -2.18. The predicted molar refractivity (Wildman–Crippen MR) is 69.6 cm³/mol. The number of methoxy groups -OCH3 is 1. The molecular weight excluding hydrogens is 287 g/mol. The van der Waals surface area contributed by atoms with Crippen LogP contribution < -0.4 is 14.8 Å². The highest BCUT2D eigenvalue weighted by atomic mass is 19.3. The maximum Gasteiger partial charge on any atom is 0.387 e. The molecule has 0 unspecified atom stereocenters. The monoisotopic (exact) mass is 303 g/mol. The van der Waals surface area contributed by atoms with Crippen LogP contribution in [0.25, 0.3) is 0 Å². The third kappa shape index (κ3) is 3.59. The van der Waals surface area contributed by atoms with Crippen LogP contribution >= 0.6 is 0 Å². The summed E-state index contributed by atoms with van der Waals surface area (Å²) in [7, 11) is 1.28. The van der Waals surface area contributed by atoms with Crippen LogP contribution in [0.3, 0.4) is 0 Å². The molecule has 1 fully saturated rings. The maximum absolute atomic E-state index is 13.5. The average molecular weight is 303 g/mol. The van der Waals surface area contributed by atoms with E-state index in [-0.39, 0.29) is 17.1 Å². The van der Waals surface area contributed by atoms with E-state index in [1.54, 1.807) is 0 Å². The first-order chi connectivity index (χ1) is 10.0. The van der Waals surface area contributed by atoms with Gasteiger partial charge in [0.15, 0.2) is 11.5 Å². The summed E-state index contributed by atoms with van der Waals surface area (Å²) in [6, 6.07) is 3.62. The first-order valence-electron chi connectivity index (χ1n) is 6.59. The highest BCUT2D eigenvalue weighted by molar-refractivity contribution is 5.98. The molecule has 0 bridgehead atoms. The molecule has 1 aromatic carbocycles. The van der Waals surface area contributed by atoms with Gasteiger partial charge in [-0.15, -0.1) is 0 Å². The molecule has 1 aliphatic carbocycles. The van der Waals surface area contributed by atoms with E-state index in [9.17, 15) is 18.0 Å². The molecule has 0 aromatic heterocycles. The summed E-state index contributed by atoms with van der Waals surface area (Å²) in [5, 5.41) is 2.52. The molecule has 0 heterocycles. The molecular formula is C14H16F3NO3. The molecule has 1 aromatic rings. The third-order valence-electron chi connectivity index (χ3n) is 3.40. The van der Waals surface area contributed by atoms with Crippen molar-refractivity contribution in [1.29, 1.82) is 0 Å². The summed E-state index contributed by atoms with van der Waals surface area (Å²) < 4.78 is 47.8. The van der Waals surface area contributed by atoms with Crippen LogP contribution in [0.1, 0.15) is 29.6 Å².